The highest BCUT2D eigenvalue weighted by molar-refractivity contribution is 5.89. The maximum Gasteiger partial charge on any atom is 0.319 e. The summed E-state index contributed by atoms with van der Waals surface area (Å²) in [5.74, 6) is 0.423. The molecule has 2 amide bonds. The Bertz CT molecular complexity index is 893. The lowest BCUT2D eigenvalue weighted by Gasteiger charge is -2.10. The molecule has 0 spiro atoms. The predicted molar refractivity (Wildman–Crippen MR) is 106 cm³/mol. The molecule has 0 aliphatic heterocycles. The van der Waals surface area contributed by atoms with Gasteiger partial charge >= 0.3 is 6.03 Å². The summed E-state index contributed by atoms with van der Waals surface area (Å²) in [4.78, 5) is 11.9. The average Bonchev–Trinajstić information content (AvgIpc) is 2.68. The number of hydrogen-bond acceptors (Lipinski definition) is 4. The van der Waals surface area contributed by atoms with Crippen LogP contribution in [-0.4, -0.2) is 29.4 Å². The lowest BCUT2D eigenvalue weighted by atomic mass is 10.1. The number of urea groups is 1. The van der Waals surface area contributed by atoms with E-state index in [1.807, 2.05) is 68.4 Å². The molecular weight excluding hydrogens is 340 g/mol. The Balaban J connectivity index is 1.43. The van der Waals surface area contributed by atoms with Crippen molar-refractivity contribution < 1.29 is 9.53 Å². The number of para-hydroxylation sites is 1. The predicted octanol–water partition coefficient (Wildman–Crippen LogP) is 3.96. The highest BCUT2D eigenvalue weighted by Crippen LogP contribution is 2.18. The largest absolute Gasteiger partial charge is 0.475 e. The molecule has 138 valence electrons. The number of amides is 2. The molecule has 6 heteroatoms. The zero-order chi connectivity index (χ0) is 19.1. The standard InChI is InChI=1S/C21H22N4O2/c1-15-7-9-17(10-8-15)19-11-12-20(25-24-19)27-14-13-22-21(26)23-18-6-4-3-5-16(18)2/h3-12H,13-14H2,1-2H3,(H2,22,23,26). The molecule has 0 unspecified atom stereocenters. The first-order valence-corrected chi connectivity index (χ1v) is 8.76. The van der Waals surface area contributed by atoms with E-state index in [1.165, 1.54) is 5.56 Å². The molecule has 3 aromatic rings. The fraction of sp³-hybridized carbons (Fsp3) is 0.190. The van der Waals surface area contributed by atoms with Gasteiger partial charge in [-0.2, -0.15) is 0 Å². The van der Waals surface area contributed by atoms with E-state index in [1.54, 1.807) is 6.07 Å². The van der Waals surface area contributed by atoms with Gasteiger partial charge in [-0.1, -0.05) is 48.0 Å². The summed E-state index contributed by atoms with van der Waals surface area (Å²) < 4.78 is 5.52. The van der Waals surface area contributed by atoms with Gasteiger partial charge < -0.3 is 15.4 Å². The zero-order valence-electron chi connectivity index (χ0n) is 15.4. The van der Waals surface area contributed by atoms with E-state index in [2.05, 4.69) is 20.8 Å². The first-order valence-electron chi connectivity index (χ1n) is 8.76. The number of ether oxygens (including phenoxy) is 1. The minimum Gasteiger partial charge on any atom is -0.475 e. The van der Waals surface area contributed by atoms with Crippen LogP contribution in [0.5, 0.6) is 5.88 Å². The van der Waals surface area contributed by atoms with Gasteiger partial charge in [0.25, 0.3) is 0 Å². The Hall–Kier alpha value is -3.41. The molecular formula is C21H22N4O2. The normalized spacial score (nSPS) is 10.3. The minimum atomic E-state index is -0.270. The van der Waals surface area contributed by atoms with Crippen molar-refractivity contribution >= 4 is 11.7 Å². The summed E-state index contributed by atoms with van der Waals surface area (Å²) in [7, 11) is 0. The number of aromatic nitrogens is 2. The summed E-state index contributed by atoms with van der Waals surface area (Å²) in [6.45, 7) is 4.65. The quantitative estimate of drug-likeness (QED) is 0.651. The molecule has 27 heavy (non-hydrogen) atoms. The Labute approximate surface area is 158 Å². The maximum absolute atomic E-state index is 11.9. The van der Waals surface area contributed by atoms with Gasteiger partial charge in [-0.25, -0.2) is 4.79 Å². The van der Waals surface area contributed by atoms with Crippen LogP contribution in [0.4, 0.5) is 10.5 Å². The molecule has 2 aromatic carbocycles. The SMILES string of the molecule is Cc1ccc(-c2ccc(OCCNC(=O)Nc3ccccc3C)nn2)cc1. The number of hydrogen-bond donors (Lipinski definition) is 2. The van der Waals surface area contributed by atoms with Gasteiger partial charge in [0.2, 0.25) is 5.88 Å². The van der Waals surface area contributed by atoms with Crippen LogP contribution < -0.4 is 15.4 Å². The maximum atomic E-state index is 11.9. The third kappa shape index (κ3) is 5.28. The monoisotopic (exact) mass is 362 g/mol. The number of nitrogens with zero attached hydrogens (tertiary/aromatic N) is 2. The van der Waals surface area contributed by atoms with Crippen LogP contribution in [0, 0.1) is 13.8 Å². The van der Waals surface area contributed by atoms with Gasteiger partial charge in [0.15, 0.2) is 0 Å². The first kappa shape index (κ1) is 18.4. The molecule has 0 saturated heterocycles. The van der Waals surface area contributed by atoms with Gasteiger partial charge in [0.05, 0.1) is 12.2 Å². The van der Waals surface area contributed by atoms with Crippen molar-refractivity contribution in [1.82, 2.24) is 15.5 Å². The molecule has 0 aliphatic rings. The number of anilines is 1. The highest BCUT2D eigenvalue weighted by Gasteiger charge is 2.04. The Morgan fingerprint density at radius 2 is 1.74 bits per heavy atom. The van der Waals surface area contributed by atoms with Crippen LogP contribution in [0.15, 0.2) is 60.7 Å². The second kappa shape index (κ2) is 8.80. The van der Waals surface area contributed by atoms with E-state index in [9.17, 15) is 4.79 Å². The van der Waals surface area contributed by atoms with Gasteiger partial charge in [-0.15, -0.1) is 10.2 Å². The zero-order valence-corrected chi connectivity index (χ0v) is 15.4. The van der Waals surface area contributed by atoms with Crippen LogP contribution in [0.2, 0.25) is 0 Å². The third-order valence-corrected chi connectivity index (χ3v) is 4.02. The van der Waals surface area contributed by atoms with Crippen molar-refractivity contribution in [2.75, 3.05) is 18.5 Å². The molecule has 0 fully saturated rings. The molecule has 1 aromatic heterocycles. The third-order valence-electron chi connectivity index (χ3n) is 4.02. The minimum absolute atomic E-state index is 0.270. The van der Waals surface area contributed by atoms with Crippen LogP contribution in [0.25, 0.3) is 11.3 Å². The van der Waals surface area contributed by atoms with E-state index >= 15 is 0 Å². The molecule has 3 rings (SSSR count). The number of carbonyl (C=O) groups is 1. The van der Waals surface area contributed by atoms with Crippen molar-refractivity contribution in [3.63, 3.8) is 0 Å². The van der Waals surface area contributed by atoms with E-state index in [0.717, 1.165) is 22.5 Å². The summed E-state index contributed by atoms with van der Waals surface area (Å²) >= 11 is 0. The number of rotatable bonds is 6. The molecule has 0 aliphatic carbocycles. The lowest BCUT2D eigenvalue weighted by molar-refractivity contribution is 0.246. The van der Waals surface area contributed by atoms with Crippen LogP contribution in [0.1, 0.15) is 11.1 Å². The van der Waals surface area contributed by atoms with Crippen molar-refractivity contribution in [1.29, 1.82) is 0 Å². The number of nitrogens with one attached hydrogen (secondary N) is 2. The average molecular weight is 362 g/mol. The fourth-order valence-electron chi connectivity index (χ4n) is 2.48. The Morgan fingerprint density at radius 3 is 2.44 bits per heavy atom. The molecule has 1 heterocycles. The van der Waals surface area contributed by atoms with Crippen molar-refractivity contribution in [3.05, 3.63) is 71.8 Å². The number of carbonyl (C=O) groups excluding carboxylic acids is 1. The van der Waals surface area contributed by atoms with E-state index in [-0.39, 0.29) is 6.03 Å². The van der Waals surface area contributed by atoms with Crippen molar-refractivity contribution in [2.45, 2.75) is 13.8 Å². The number of benzene rings is 2. The van der Waals surface area contributed by atoms with Crippen molar-refractivity contribution in [3.8, 4) is 17.1 Å². The second-order valence-electron chi connectivity index (χ2n) is 6.17. The molecule has 6 nitrogen and oxygen atoms in total. The molecule has 0 bridgehead atoms. The topological polar surface area (TPSA) is 76.1 Å². The summed E-state index contributed by atoms with van der Waals surface area (Å²) in [5, 5.41) is 13.8. The van der Waals surface area contributed by atoms with Gasteiger partial charge in [-0.05, 0) is 31.5 Å². The Morgan fingerprint density at radius 1 is 0.963 bits per heavy atom. The molecule has 2 N–H and O–H groups in total. The molecule has 0 radical (unpaired) electrons. The second-order valence-corrected chi connectivity index (χ2v) is 6.17. The molecule has 0 saturated carbocycles. The van der Waals surface area contributed by atoms with E-state index in [0.29, 0.717) is 19.0 Å². The smallest absolute Gasteiger partial charge is 0.319 e. The first-order chi connectivity index (χ1) is 13.1. The van der Waals surface area contributed by atoms with Gasteiger partial charge in [0.1, 0.15) is 6.61 Å². The number of aryl methyl sites for hydroxylation is 2. The summed E-state index contributed by atoms with van der Waals surface area (Å²) in [6, 6.07) is 19.1. The molecule has 0 atom stereocenters. The van der Waals surface area contributed by atoms with Crippen LogP contribution in [0.3, 0.4) is 0 Å². The van der Waals surface area contributed by atoms with Gasteiger partial charge in [0, 0.05) is 17.3 Å². The highest BCUT2D eigenvalue weighted by atomic mass is 16.5. The summed E-state index contributed by atoms with van der Waals surface area (Å²) in [5.41, 5.74) is 4.79. The Kier molecular flexibility index (Phi) is 5.99. The fourth-order valence-corrected chi connectivity index (χ4v) is 2.48. The van der Waals surface area contributed by atoms with Crippen LogP contribution >= 0.6 is 0 Å². The van der Waals surface area contributed by atoms with Crippen molar-refractivity contribution in [2.24, 2.45) is 0 Å². The van der Waals surface area contributed by atoms with E-state index < -0.39 is 0 Å². The van der Waals surface area contributed by atoms with E-state index in [4.69, 9.17) is 4.74 Å². The summed E-state index contributed by atoms with van der Waals surface area (Å²) in [6.07, 6.45) is 0. The van der Waals surface area contributed by atoms with Crippen LogP contribution in [-0.2, 0) is 0 Å². The lowest BCUT2D eigenvalue weighted by Crippen LogP contribution is -2.32. The van der Waals surface area contributed by atoms with Gasteiger partial charge in [-0.3, -0.25) is 0 Å².